The molecule has 0 aromatic heterocycles. The smallest absolute Gasteiger partial charge is 0.243 e. The molecule has 274 valence electrons. The summed E-state index contributed by atoms with van der Waals surface area (Å²) >= 11 is 0. The summed E-state index contributed by atoms with van der Waals surface area (Å²) in [6, 6.07) is 0. The van der Waals surface area contributed by atoms with Crippen LogP contribution in [-0.4, -0.2) is 153 Å². The number of carbonyl (C=O) groups is 2. The molecule has 0 aliphatic carbocycles. The summed E-state index contributed by atoms with van der Waals surface area (Å²) in [5.41, 5.74) is 0. The molecule has 0 spiro atoms. The average molecular weight is 667 g/mol. The van der Waals surface area contributed by atoms with Gasteiger partial charge in [-0.25, -0.2) is 0 Å². The summed E-state index contributed by atoms with van der Waals surface area (Å²) in [4.78, 5) is 21.8. The van der Waals surface area contributed by atoms with Crippen molar-refractivity contribution >= 4 is 11.8 Å². The van der Waals surface area contributed by atoms with Crippen molar-refractivity contribution in [3.05, 3.63) is 12.7 Å². The Kier molecular flexibility index (Phi) is 39.8. The quantitative estimate of drug-likeness (QED) is 0.0412. The minimum absolute atomic E-state index is 0.0760. The molecule has 46 heavy (non-hydrogen) atoms. The normalized spacial score (nSPS) is 12.2. The highest BCUT2D eigenvalue weighted by Gasteiger charge is 1.98. The molecule has 0 heterocycles. The third-order valence-electron chi connectivity index (χ3n) is 5.71. The van der Waals surface area contributed by atoms with Gasteiger partial charge in [0.25, 0.3) is 0 Å². The minimum atomic E-state index is -0.308. The van der Waals surface area contributed by atoms with Crippen molar-refractivity contribution in [3.63, 3.8) is 0 Å². The van der Waals surface area contributed by atoms with Gasteiger partial charge in [0.1, 0.15) is 0 Å². The number of aliphatic hydroxyl groups is 2. The van der Waals surface area contributed by atoms with Gasteiger partial charge in [0.2, 0.25) is 11.8 Å². The van der Waals surface area contributed by atoms with E-state index in [0.717, 1.165) is 38.8 Å². The SMILES string of the molecule is C=CC(=O)NCCCOCCOCCOCCCNCC(C)O.CCC(=O)NCCCOCCOCCOCCCNCC(C)O. The number of hydrogen-bond donors (Lipinski definition) is 6. The number of carbonyl (C=O) groups excluding carboxylic acids is 2. The van der Waals surface area contributed by atoms with Gasteiger partial charge in [0.05, 0.1) is 65.1 Å². The Hall–Kier alpha value is -1.72. The van der Waals surface area contributed by atoms with Gasteiger partial charge in [-0.1, -0.05) is 13.5 Å². The first-order chi connectivity index (χ1) is 22.3. The second kappa shape index (κ2) is 39.5. The maximum atomic E-state index is 11.0. The molecular formula is C32H66N4O10. The lowest BCUT2D eigenvalue weighted by atomic mass is 10.4. The first-order valence-corrected chi connectivity index (χ1v) is 16.7. The lowest BCUT2D eigenvalue weighted by Crippen LogP contribution is -2.26. The predicted molar refractivity (Wildman–Crippen MR) is 179 cm³/mol. The maximum absolute atomic E-state index is 11.0. The van der Waals surface area contributed by atoms with Crippen LogP contribution in [0, 0.1) is 0 Å². The molecule has 14 heteroatoms. The fourth-order valence-electron chi connectivity index (χ4n) is 3.29. The van der Waals surface area contributed by atoms with E-state index in [-0.39, 0.29) is 24.0 Å². The Morgan fingerprint density at radius 2 is 0.913 bits per heavy atom. The van der Waals surface area contributed by atoms with Crippen LogP contribution >= 0.6 is 0 Å². The van der Waals surface area contributed by atoms with E-state index in [1.807, 2.05) is 6.92 Å². The van der Waals surface area contributed by atoms with E-state index in [4.69, 9.17) is 38.6 Å². The topological polar surface area (TPSA) is 178 Å². The van der Waals surface area contributed by atoms with Crippen molar-refractivity contribution in [2.75, 3.05) is 119 Å². The number of aliphatic hydroxyl groups excluding tert-OH is 2. The number of hydrogen-bond acceptors (Lipinski definition) is 12. The van der Waals surface area contributed by atoms with Gasteiger partial charge in [-0.2, -0.15) is 0 Å². The van der Waals surface area contributed by atoms with E-state index < -0.39 is 0 Å². The molecule has 0 aromatic carbocycles. The van der Waals surface area contributed by atoms with Crippen LogP contribution in [0.25, 0.3) is 0 Å². The van der Waals surface area contributed by atoms with Crippen LogP contribution in [0.2, 0.25) is 0 Å². The molecule has 2 atom stereocenters. The van der Waals surface area contributed by atoms with Crippen molar-refractivity contribution in [2.24, 2.45) is 0 Å². The minimum Gasteiger partial charge on any atom is -0.392 e. The number of ether oxygens (including phenoxy) is 6. The van der Waals surface area contributed by atoms with Gasteiger partial charge in [0, 0.05) is 59.0 Å². The van der Waals surface area contributed by atoms with Gasteiger partial charge < -0.3 is 59.9 Å². The maximum Gasteiger partial charge on any atom is 0.243 e. The van der Waals surface area contributed by atoms with Crippen LogP contribution in [0.15, 0.2) is 12.7 Å². The molecule has 0 bridgehead atoms. The summed E-state index contributed by atoms with van der Waals surface area (Å²) in [7, 11) is 0. The molecule has 0 saturated heterocycles. The summed E-state index contributed by atoms with van der Waals surface area (Å²) in [6.45, 7) is 20.0. The van der Waals surface area contributed by atoms with Crippen LogP contribution in [0.5, 0.6) is 0 Å². The number of rotatable bonds is 34. The van der Waals surface area contributed by atoms with Crippen molar-refractivity contribution in [2.45, 2.75) is 65.1 Å². The van der Waals surface area contributed by atoms with Gasteiger partial charge in [-0.3, -0.25) is 9.59 Å². The fourth-order valence-corrected chi connectivity index (χ4v) is 3.29. The highest BCUT2D eigenvalue weighted by atomic mass is 16.5. The van der Waals surface area contributed by atoms with E-state index in [0.29, 0.717) is 112 Å². The molecule has 2 amide bonds. The zero-order chi connectivity index (χ0) is 34.4. The van der Waals surface area contributed by atoms with Crippen LogP contribution < -0.4 is 21.3 Å². The van der Waals surface area contributed by atoms with Gasteiger partial charge in [0.15, 0.2) is 0 Å². The summed E-state index contributed by atoms with van der Waals surface area (Å²) in [6.07, 6.45) is 4.59. The Bertz CT molecular complexity index is 660. The first kappa shape index (κ1) is 46.4. The Morgan fingerprint density at radius 3 is 1.24 bits per heavy atom. The molecule has 6 N–H and O–H groups in total. The molecule has 0 rings (SSSR count). The van der Waals surface area contributed by atoms with Crippen molar-refractivity contribution in [1.82, 2.24) is 21.3 Å². The lowest BCUT2D eigenvalue weighted by molar-refractivity contribution is -0.120. The van der Waals surface area contributed by atoms with Crippen molar-refractivity contribution < 1.29 is 48.2 Å². The molecule has 0 aliphatic heterocycles. The van der Waals surface area contributed by atoms with E-state index >= 15 is 0 Å². The molecule has 0 saturated carbocycles. The van der Waals surface area contributed by atoms with Crippen LogP contribution in [-0.2, 0) is 38.0 Å². The first-order valence-electron chi connectivity index (χ1n) is 16.7. The molecule has 0 fully saturated rings. The third kappa shape index (κ3) is 44.4. The predicted octanol–water partition coefficient (Wildman–Crippen LogP) is 0.402. The largest absolute Gasteiger partial charge is 0.392 e. The summed E-state index contributed by atoms with van der Waals surface area (Å²) < 4.78 is 32.4. The highest BCUT2D eigenvalue weighted by molar-refractivity contribution is 5.86. The summed E-state index contributed by atoms with van der Waals surface area (Å²) in [5, 5.41) is 29.8. The zero-order valence-electron chi connectivity index (χ0n) is 28.9. The fraction of sp³-hybridized carbons (Fsp3) is 0.875. The van der Waals surface area contributed by atoms with E-state index in [1.165, 1.54) is 6.08 Å². The third-order valence-corrected chi connectivity index (χ3v) is 5.71. The van der Waals surface area contributed by atoms with E-state index in [2.05, 4.69) is 27.8 Å². The van der Waals surface area contributed by atoms with Gasteiger partial charge in [-0.15, -0.1) is 0 Å². The number of amides is 2. The molecular weight excluding hydrogens is 600 g/mol. The standard InChI is InChI=1S/C16H34N2O5.C16H32N2O5/c2*1-3-16(20)18-7-5-9-22-11-13-23-12-10-21-8-4-6-17-14-15(2)19/h15,17,19H,3-14H2,1-2H3,(H,18,20);3,15,17,19H,1,4-14H2,2H3,(H,18,20). The summed E-state index contributed by atoms with van der Waals surface area (Å²) in [5.74, 6) is -0.0841. The van der Waals surface area contributed by atoms with E-state index in [1.54, 1.807) is 13.8 Å². The Morgan fingerprint density at radius 1 is 0.587 bits per heavy atom. The molecule has 0 aromatic rings. The van der Waals surface area contributed by atoms with E-state index in [9.17, 15) is 9.59 Å². The molecule has 0 aliphatic rings. The Balaban J connectivity index is 0. The molecule has 14 nitrogen and oxygen atoms in total. The van der Waals surface area contributed by atoms with Gasteiger partial charge >= 0.3 is 0 Å². The van der Waals surface area contributed by atoms with Crippen LogP contribution in [0.3, 0.4) is 0 Å². The second-order valence-electron chi connectivity index (χ2n) is 10.4. The molecule has 2 unspecified atom stereocenters. The highest BCUT2D eigenvalue weighted by Crippen LogP contribution is 1.88. The van der Waals surface area contributed by atoms with Crippen LogP contribution in [0.4, 0.5) is 0 Å². The second-order valence-corrected chi connectivity index (χ2v) is 10.4. The van der Waals surface area contributed by atoms with Crippen molar-refractivity contribution in [3.8, 4) is 0 Å². The van der Waals surface area contributed by atoms with Crippen LogP contribution in [0.1, 0.15) is 52.9 Å². The lowest BCUT2D eigenvalue weighted by Gasteiger charge is -2.08. The Labute approximate surface area is 277 Å². The zero-order valence-corrected chi connectivity index (χ0v) is 28.9. The van der Waals surface area contributed by atoms with Crippen molar-refractivity contribution in [1.29, 1.82) is 0 Å². The number of nitrogens with one attached hydrogen (secondary N) is 4. The average Bonchev–Trinajstić information content (AvgIpc) is 3.04. The molecule has 0 radical (unpaired) electrons. The van der Waals surface area contributed by atoms with Gasteiger partial charge in [-0.05, 0) is 58.7 Å². The monoisotopic (exact) mass is 666 g/mol.